The number of phenolic OH excluding ortho intramolecular Hbond substituents is 1. The lowest BCUT2D eigenvalue weighted by molar-refractivity contribution is 0.215. The lowest BCUT2D eigenvalue weighted by atomic mass is 9.79. The van der Waals surface area contributed by atoms with Gasteiger partial charge in [-0.05, 0) is 17.5 Å². The minimum Gasteiger partial charge on any atom is -0.507 e. The monoisotopic (exact) mass is 300 g/mol. The fourth-order valence-electron chi connectivity index (χ4n) is 1.77. The van der Waals surface area contributed by atoms with E-state index in [1.54, 1.807) is 0 Å². The number of aromatic hydroxyl groups is 1. The summed E-state index contributed by atoms with van der Waals surface area (Å²) in [6.45, 7) is 10.0. The summed E-state index contributed by atoms with van der Waals surface area (Å²) in [5.74, 6) is 0.291. The molecule has 0 radical (unpaired) electrons. The molecule has 0 heterocycles. The average molecular weight is 301 g/mol. The molecule has 2 N–H and O–H groups in total. The van der Waals surface area contributed by atoms with E-state index >= 15 is 0 Å². The zero-order valence-corrected chi connectivity index (χ0v) is 12.7. The molecule has 0 bridgehead atoms. The molecule has 3 heteroatoms. The van der Waals surface area contributed by atoms with Crippen LogP contribution in [0.1, 0.15) is 45.7 Å². The van der Waals surface area contributed by atoms with Crippen molar-refractivity contribution in [3.8, 4) is 5.75 Å². The first-order chi connectivity index (χ1) is 7.59. The topological polar surface area (TPSA) is 40.5 Å². The predicted octanol–water partition coefficient (Wildman–Crippen LogP) is 3.72. The molecule has 0 unspecified atom stereocenters. The van der Waals surface area contributed by atoms with Crippen LogP contribution in [0.4, 0.5) is 0 Å². The largest absolute Gasteiger partial charge is 0.507 e. The molecule has 2 nitrogen and oxygen atoms in total. The average Bonchev–Trinajstić information content (AvgIpc) is 2.19. The molecule has 0 saturated heterocycles. The fraction of sp³-hybridized carbons (Fsp3) is 0.571. The fourth-order valence-corrected chi connectivity index (χ4v) is 2.23. The van der Waals surface area contributed by atoms with E-state index in [1.165, 1.54) is 0 Å². The highest BCUT2D eigenvalue weighted by Crippen LogP contribution is 2.40. The summed E-state index contributed by atoms with van der Waals surface area (Å²) in [5.41, 5.74) is 1.09. The second kappa shape index (κ2) is 4.62. The van der Waals surface area contributed by atoms with Crippen LogP contribution in [0.5, 0.6) is 5.75 Å². The molecule has 17 heavy (non-hydrogen) atoms. The Balaban J connectivity index is 3.50. The Hall–Kier alpha value is -0.540. The summed E-state index contributed by atoms with van der Waals surface area (Å²) in [7, 11) is 0. The van der Waals surface area contributed by atoms with Gasteiger partial charge in [-0.2, -0.15) is 0 Å². The Labute approximate surface area is 112 Å². The Kier molecular flexibility index (Phi) is 3.94. The molecule has 0 fully saturated rings. The van der Waals surface area contributed by atoms with Gasteiger partial charge in [0.1, 0.15) is 5.75 Å². The summed E-state index contributed by atoms with van der Waals surface area (Å²) in [5, 5.41) is 19.8. The van der Waals surface area contributed by atoms with Gasteiger partial charge in [-0.15, -0.1) is 0 Å². The summed E-state index contributed by atoms with van der Waals surface area (Å²) in [4.78, 5) is 0. The van der Waals surface area contributed by atoms with Gasteiger partial charge in [-0.3, -0.25) is 0 Å². The van der Waals surface area contributed by atoms with Gasteiger partial charge in [0.2, 0.25) is 0 Å². The molecule has 1 aromatic carbocycles. The molecule has 0 aliphatic carbocycles. The summed E-state index contributed by atoms with van der Waals surface area (Å²) < 4.78 is 0.928. The van der Waals surface area contributed by atoms with E-state index in [4.69, 9.17) is 0 Å². The number of rotatable bonds is 2. The van der Waals surface area contributed by atoms with Crippen LogP contribution in [-0.2, 0) is 10.8 Å². The van der Waals surface area contributed by atoms with Crippen molar-refractivity contribution in [2.24, 2.45) is 0 Å². The minimum atomic E-state index is -0.451. The first-order valence-corrected chi connectivity index (χ1v) is 6.53. The standard InChI is InChI=1S/C14H21BrO2/c1-13(2,3)10-6-9(15)7-11(12(10)17)14(4,5)8-16/h6-7,16-17H,8H2,1-5H3. The van der Waals surface area contributed by atoms with Crippen LogP contribution in [0.2, 0.25) is 0 Å². The van der Waals surface area contributed by atoms with Crippen molar-refractivity contribution in [2.45, 2.75) is 45.4 Å². The highest BCUT2D eigenvalue weighted by Gasteiger charge is 2.28. The first kappa shape index (κ1) is 14.5. The lowest BCUT2D eigenvalue weighted by Crippen LogP contribution is -2.24. The van der Waals surface area contributed by atoms with Crippen molar-refractivity contribution in [1.29, 1.82) is 0 Å². The summed E-state index contributed by atoms with van der Waals surface area (Å²) >= 11 is 3.47. The zero-order chi connectivity index (χ0) is 13.4. The van der Waals surface area contributed by atoms with Crippen LogP contribution in [0.25, 0.3) is 0 Å². The Morgan fingerprint density at radius 3 is 1.94 bits per heavy atom. The molecule has 0 aliphatic rings. The number of halogens is 1. The van der Waals surface area contributed by atoms with Gasteiger partial charge in [0.25, 0.3) is 0 Å². The molecule has 0 aliphatic heterocycles. The maximum Gasteiger partial charge on any atom is 0.123 e. The van der Waals surface area contributed by atoms with Crippen molar-refractivity contribution >= 4 is 15.9 Å². The predicted molar refractivity (Wildman–Crippen MR) is 74.6 cm³/mol. The maximum absolute atomic E-state index is 10.4. The molecule has 1 rings (SSSR count). The number of hydrogen-bond donors (Lipinski definition) is 2. The van der Waals surface area contributed by atoms with Crippen molar-refractivity contribution in [2.75, 3.05) is 6.61 Å². The van der Waals surface area contributed by atoms with Crippen molar-refractivity contribution in [3.63, 3.8) is 0 Å². The van der Waals surface area contributed by atoms with Gasteiger partial charge in [-0.1, -0.05) is 50.5 Å². The molecule has 0 spiro atoms. The van der Waals surface area contributed by atoms with Gasteiger partial charge < -0.3 is 10.2 Å². The van der Waals surface area contributed by atoms with E-state index < -0.39 is 5.41 Å². The van der Waals surface area contributed by atoms with Gasteiger partial charge in [-0.25, -0.2) is 0 Å². The van der Waals surface area contributed by atoms with Crippen LogP contribution >= 0.6 is 15.9 Å². The quantitative estimate of drug-likeness (QED) is 0.874. The number of aliphatic hydroxyl groups excluding tert-OH is 1. The smallest absolute Gasteiger partial charge is 0.123 e. The maximum atomic E-state index is 10.4. The molecular weight excluding hydrogens is 280 g/mol. The normalized spacial score (nSPS) is 12.9. The first-order valence-electron chi connectivity index (χ1n) is 5.74. The molecule has 96 valence electrons. The third kappa shape index (κ3) is 3.02. The van der Waals surface area contributed by atoms with Crippen molar-refractivity contribution in [1.82, 2.24) is 0 Å². The molecule has 0 saturated carbocycles. The van der Waals surface area contributed by atoms with E-state index in [-0.39, 0.29) is 12.0 Å². The molecule has 1 aromatic rings. The van der Waals surface area contributed by atoms with Crippen molar-refractivity contribution < 1.29 is 10.2 Å². The van der Waals surface area contributed by atoms with Gasteiger partial charge in [0, 0.05) is 21.0 Å². The van der Waals surface area contributed by atoms with Crippen molar-refractivity contribution in [3.05, 3.63) is 27.7 Å². The third-order valence-electron chi connectivity index (χ3n) is 3.01. The number of phenols is 1. The van der Waals surface area contributed by atoms with Crippen LogP contribution in [-0.4, -0.2) is 16.8 Å². The van der Waals surface area contributed by atoms with E-state index in [2.05, 4.69) is 36.7 Å². The number of benzene rings is 1. The van der Waals surface area contributed by atoms with E-state index in [1.807, 2.05) is 26.0 Å². The SMILES string of the molecule is CC(C)(C)c1cc(Br)cc(C(C)(C)CO)c1O. The van der Waals surface area contributed by atoms with Crippen LogP contribution in [0, 0.1) is 0 Å². The number of hydrogen-bond acceptors (Lipinski definition) is 2. The number of aliphatic hydroxyl groups is 1. The summed E-state index contributed by atoms with van der Waals surface area (Å²) in [6.07, 6.45) is 0. The van der Waals surface area contributed by atoms with Gasteiger partial charge >= 0.3 is 0 Å². The molecular formula is C14H21BrO2. The van der Waals surface area contributed by atoms with Crippen LogP contribution < -0.4 is 0 Å². The van der Waals surface area contributed by atoms with E-state index in [9.17, 15) is 10.2 Å². The Morgan fingerprint density at radius 1 is 1.06 bits per heavy atom. The highest BCUT2D eigenvalue weighted by molar-refractivity contribution is 9.10. The Bertz CT molecular complexity index is 417. The molecule has 0 aromatic heterocycles. The summed E-state index contributed by atoms with van der Waals surface area (Å²) in [6, 6.07) is 3.81. The van der Waals surface area contributed by atoms with Gasteiger partial charge in [0.15, 0.2) is 0 Å². The lowest BCUT2D eigenvalue weighted by Gasteiger charge is -2.28. The Morgan fingerprint density at radius 2 is 1.53 bits per heavy atom. The second-order valence-electron chi connectivity index (χ2n) is 6.14. The van der Waals surface area contributed by atoms with E-state index in [0.29, 0.717) is 5.75 Å². The highest BCUT2D eigenvalue weighted by atomic mass is 79.9. The molecule has 0 atom stereocenters. The zero-order valence-electron chi connectivity index (χ0n) is 11.1. The van der Waals surface area contributed by atoms with Crippen LogP contribution in [0.15, 0.2) is 16.6 Å². The molecule has 0 amide bonds. The minimum absolute atomic E-state index is 0.000591. The van der Waals surface area contributed by atoms with Crippen LogP contribution in [0.3, 0.4) is 0 Å². The second-order valence-corrected chi connectivity index (χ2v) is 7.06. The van der Waals surface area contributed by atoms with E-state index in [0.717, 1.165) is 15.6 Å². The van der Waals surface area contributed by atoms with Gasteiger partial charge in [0.05, 0.1) is 6.61 Å². The third-order valence-corrected chi connectivity index (χ3v) is 3.46.